The second-order valence-corrected chi connectivity index (χ2v) is 16.2. The molecule has 210 valence electrons. The lowest BCUT2D eigenvalue weighted by Crippen LogP contribution is -2.37. The van der Waals surface area contributed by atoms with Gasteiger partial charge in [0.05, 0.1) is 22.3 Å². The van der Waals surface area contributed by atoms with Crippen LogP contribution < -0.4 is 35.3 Å². The Morgan fingerprint density at radius 1 is 1.15 bits per heavy atom. The molecule has 1 saturated heterocycles. The smallest absolute Gasteiger partial charge is 0.290 e. The highest BCUT2D eigenvalue weighted by Crippen LogP contribution is 2.42. The Hall–Kier alpha value is -3.57. The number of aromatic nitrogens is 2. The molecule has 1 amide bonds. The van der Waals surface area contributed by atoms with Gasteiger partial charge in [0, 0.05) is 36.8 Å². The van der Waals surface area contributed by atoms with Crippen molar-refractivity contribution in [3.8, 4) is 34.6 Å². The number of nitrogens with two attached hydrogens (primary N) is 1. The van der Waals surface area contributed by atoms with Crippen molar-refractivity contribution < 1.29 is 23.4 Å². The normalized spacial score (nSPS) is 15.6. The minimum absolute atomic E-state index is 0.0318. The molecular weight excluding hydrogens is 514 g/mol. The van der Waals surface area contributed by atoms with E-state index in [0.29, 0.717) is 41.1 Å². The van der Waals surface area contributed by atoms with Crippen LogP contribution in [0.25, 0.3) is 11.1 Å². The summed E-state index contributed by atoms with van der Waals surface area (Å²) in [6.45, 7) is 14.7. The molecule has 0 aliphatic carbocycles. The van der Waals surface area contributed by atoms with Crippen molar-refractivity contribution in [3.05, 3.63) is 35.6 Å². The fraction of sp³-hybridized carbons (Fsp3) is 0.464. The van der Waals surface area contributed by atoms with Gasteiger partial charge in [0.1, 0.15) is 11.3 Å². The lowest BCUT2D eigenvalue weighted by Gasteiger charge is -2.24. The molecule has 3 N–H and O–H groups in total. The number of nitrogens with zero attached hydrogens (tertiary/aromatic N) is 3. The van der Waals surface area contributed by atoms with Crippen LogP contribution in [-0.2, 0) is 0 Å². The van der Waals surface area contributed by atoms with Crippen LogP contribution in [0.2, 0.25) is 19.6 Å². The molecule has 1 atom stereocenters. The van der Waals surface area contributed by atoms with Gasteiger partial charge in [-0.05, 0) is 31.0 Å². The number of methoxy groups -OCH3 is 2. The summed E-state index contributed by atoms with van der Waals surface area (Å²) in [6, 6.07) is 8.03. The largest absolute Gasteiger partial charge is 0.480 e. The number of anilines is 1. The van der Waals surface area contributed by atoms with Crippen LogP contribution in [0, 0.1) is 6.92 Å². The monoisotopic (exact) mass is 553 g/mol. The number of hydrogen-bond donors (Lipinski definition) is 2. The molecule has 1 aliphatic rings. The Morgan fingerprint density at radius 3 is 2.36 bits per heavy atom. The molecule has 11 heteroatoms. The highest BCUT2D eigenvalue weighted by molar-refractivity contribution is 6.88. The number of hydrogen-bond acceptors (Lipinski definition) is 9. The lowest BCUT2D eigenvalue weighted by atomic mass is 10.0. The standard InChI is InChI=1S/C28H39N5O5Si/c1-16(2)30-18-11-12-33(15-18)28-31-26(35-4)24(27(32-28)36-5)20-13-19(39(6,7)8)14-22(17(20)3)38-23-10-9-21(37-23)25(29)34/h9-10,13-14,16,18,30H,11-12,15H2,1-8H3,(H2,29,34). The number of primary amides is 1. The van der Waals surface area contributed by atoms with Crippen LogP contribution in [-0.4, -0.2) is 63.3 Å². The maximum absolute atomic E-state index is 11.5. The zero-order valence-electron chi connectivity index (χ0n) is 24.0. The maximum Gasteiger partial charge on any atom is 0.290 e. The van der Waals surface area contributed by atoms with E-state index in [0.717, 1.165) is 35.8 Å². The number of ether oxygens (including phenoxy) is 3. The van der Waals surface area contributed by atoms with Crippen LogP contribution in [0.15, 0.2) is 28.7 Å². The van der Waals surface area contributed by atoms with E-state index in [-0.39, 0.29) is 11.7 Å². The average Bonchev–Trinajstić information content (AvgIpc) is 3.53. The van der Waals surface area contributed by atoms with Crippen molar-refractivity contribution in [2.75, 3.05) is 32.2 Å². The first kappa shape index (κ1) is 28.4. The molecule has 2 aromatic heterocycles. The Morgan fingerprint density at radius 2 is 1.82 bits per heavy atom. The van der Waals surface area contributed by atoms with Gasteiger partial charge in [-0.15, -0.1) is 0 Å². The number of furan rings is 1. The fourth-order valence-electron chi connectivity index (χ4n) is 4.73. The van der Waals surface area contributed by atoms with Crippen molar-refractivity contribution in [2.24, 2.45) is 5.73 Å². The van der Waals surface area contributed by atoms with E-state index in [1.54, 1.807) is 20.3 Å². The van der Waals surface area contributed by atoms with Gasteiger partial charge in [0.25, 0.3) is 11.9 Å². The molecule has 10 nitrogen and oxygen atoms in total. The van der Waals surface area contributed by atoms with E-state index < -0.39 is 14.0 Å². The van der Waals surface area contributed by atoms with Crippen molar-refractivity contribution in [2.45, 2.75) is 58.9 Å². The number of carbonyl (C=O) groups is 1. The summed E-state index contributed by atoms with van der Waals surface area (Å²) in [6.07, 6.45) is 1.01. The predicted molar refractivity (Wildman–Crippen MR) is 154 cm³/mol. The van der Waals surface area contributed by atoms with Gasteiger partial charge in [0.15, 0.2) is 5.76 Å². The Kier molecular flexibility index (Phi) is 8.22. The van der Waals surface area contributed by atoms with Crippen LogP contribution in [0.3, 0.4) is 0 Å². The number of carbonyl (C=O) groups excluding carboxylic acids is 1. The first-order valence-electron chi connectivity index (χ1n) is 13.1. The van der Waals surface area contributed by atoms with Gasteiger partial charge in [-0.25, -0.2) is 0 Å². The number of amides is 1. The Labute approximate surface area is 230 Å². The minimum atomic E-state index is -1.81. The third-order valence-electron chi connectivity index (χ3n) is 6.79. The molecule has 3 aromatic rings. The summed E-state index contributed by atoms with van der Waals surface area (Å²) in [5.41, 5.74) is 7.67. The summed E-state index contributed by atoms with van der Waals surface area (Å²) < 4.78 is 23.3. The van der Waals surface area contributed by atoms with Crippen molar-refractivity contribution in [1.82, 2.24) is 15.3 Å². The van der Waals surface area contributed by atoms with Gasteiger partial charge in [-0.2, -0.15) is 9.97 Å². The molecule has 0 saturated carbocycles. The lowest BCUT2D eigenvalue weighted by molar-refractivity contribution is 0.0969. The predicted octanol–water partition coefficient (Wildman–Crippen LogP) is 4.08. The maximum atomic E-state index is 11.5. The van der Waals surface area contributed by atoms with Gasteiger partial charge >= 0.3 is 0 Å². The van der Waals surface area contributed by atoms with Crippen LogP contribution >= 0.6 is 0 Å². The molecule has 39 heavy (non-hydrogen) atoms. The SMILES string of the molecule is COc1nc(N2CCC(NC(C)C)C2)nc(OC)c1-c1cc([Si](C)(C)C)cc(Oc2ccc(C(N)=O)o2)c1C. The first-order chi connectivity index (χ1) is 18.4. The molecule has 0 spiro atoms. The van der Waals surface area contributed by atoms with E-state index in [9.17, 15) is 4.79 Å². The molecule has 4 rings (SSSR count). The summed E-state index contributed by atoms with van der Waals surface area (Å²) in [5, 5.41) is 4.74. The van der Waals surface area contributed by atoms with Gasteiger partial charge in [0.2, 0.25) is 17.7 Å². The highest BCUT2D eigenvalue weighted by Gasteiger charge is 2.30. The van der Waals surface area contributed by atoms with Crippen LogP contribution in [0.5, 0.6) is 23.5 Å². The molecule has 3 heterocycles. The van der Waals surface area contributed by atoms with Crippen molar-refractivity contribution >= 4 is 25.1 Å². The number of rotatable bonds is 10. The first-order valence-corrected chi connectivity index (χ1v) is 16.6. The molecular formula is C28H39N5O5Si. The second-order valence-electron chi connectivity index (χ2n) is 11.2. The molecule has 0 bridgehead atoms. The summed E-state index contributed by atoms with van der Waals surface area (Å²) in [4.78, 5) is 23.3. The number of benzene rings is 1. The third-order valence-corrected chi connectivity index (χ3v) is 8.81. The van der Waals surface area contributed by atoms with Gasteiger partial charge in [-0.3, -0.25) is 4.79 Å². The topological polar surface area (TPSA) is 125 Å². The molecule has 1 fully saturated rings. The third kappa shape index (κ3) is 6.20. The number of nitrogens with one attached hydrogen (secondary N) is 1. The van der Waals surface area contributed by atoms with Gasteiger partial charge < -0.3 is 34.6 Å². The average molecular weight is 554 g/mol. The highest BCUT2D eigenvalue weighted by atomic mass is 28.3. The summed E-state index contributed by atoms with van der Waals surface area (Å²) in [7, 11) is 1.39. The molecule has 1 aromatic carbocycles. The van der Waals surface area contributed by atoms with Crippen LogP contribution in [0.4, 0.5) is 5.95 Å². The molecule has 0 radical (unpaired) electrons. The van der Waals surface area contributed by atoms with E-state index in [4.69, 9.17) is 34.3 Å². The van der Waals surface area contributed by atoms with Crippen LogP contribution in [0.1, 0.15) is 36.4 Å². The molecule has 1 aliphatic heterocycles. The van der Waals surface area contributed by atoms with E-state index in [2.05, 4.69) is 49.8 Å². The quantitative estimate of drug-likeness (QED) is 0.357. The van der Waals surface area contributed by atoms with Crippen molar-refractivity contribution in [1.29, 1.82) is 0 Å². The second kappa shape index (κ2) is 11.3. The summed E-state index contributed by atoms with van der Waals surface area (Å²) >= 11 is 0. The Balaban J connectivity index is 1.80. The zero-order valence-corrected chi connectivity index (χ0v) is 25.0. The van der Waals surface area contributed by atoms with E-state index in [1.165, 1.54) is 6.07 Å². The Bertz CT molecular complexity index is 1330. The van der Waals surface area contributed by atoms with Gasteiger partial charge in [-0.1, -0.05) is 44.7 Å². The molecule has 1 unspecified atom stereocenters. The minimum Gasteiger partial charge on any atom is -0.480 e. The summed E-state index contributed by atoms with van der Waals surface area (Å²) in [5.74, 6) is 1.56. The zero-order chi connectivity index (χ0) is 28.5. The fourth-order valence-corrected chi connectivity index (χ4v) is 5.87. The van der Waals surface area contributed by atoms with E-state index >= 15 is 0 Å². The van der Waals surface area contributed by atoms with Crippen molar-refractivity contribution in [3.63, 3.8) is 0 Å². The van der Waals surface area contributed by atoms with E-state index in [1.807, 2.05) is 13.0 Å².